The molecular weight excluding hydrogens is 276 g/mol. The van der Waals surface area contributed by atoms with E-state index < -0.39 is 0 Å². The van der Waals surface area contributed by atoms with E-state index >= 15 is 0 Å². The third kappa shape index (κ3) is 3.15. The molecular formula is C13H16Cl2FNO. The van der Waals surface area contributed by atoms with Crippen molar-refractivity contribution >= 4 is 23.2 Å². The second-order valence-corrected chi connectivity index (χ2v) is 5.29. The van der Waals surface area contributed by atoms with E-state index in [1.165, 1.54) is 6.07 Å². The predicted molar refractivity (Wildman–Crippen MR) is 71.7 cm³/mol. The monoisotopic (exact) mass is 291 g/mol. The van der Waals surface area contributed by atoms with Gasteiger partial charge in [0.25, 0.3) is 0 Å². The normalized spacial score (nSPS) is 25.3. The zero-order chi connectivity index (χ0) is 13.1. The van der Waals surface area contributed by atoms with Crippen molar-refractivity contribution in [3.05, 3.63) is 34.6 Å². The topological polar surface area (TPSA) is 12.5 Å². The number of morpholine rings is 1. The Morgan fingerprint density at radius 1 is 1.50 bits per heavy atom. The van der Waals surface area contributed by atoms with Crippen molar-refractivity contribution in [1.82, 2.24) is 4.90 Å². The van der Waals surface area contributed by atoms with Gasteiger partial charge in [-0.05, 0) is 18.6 Å². The van der Waals surface area contributed by atoms with Gasteiger partial charge in [-0.15, -0.1) is 11.6 Å². The molecule has 0 bridgehead atoms. The second-order valence-electron chi connectivity index (χ2n) is 4.60. The van der Waals surface area contributed by atoms with Crippen LogP contribution in [0.15, 0.2) is 18.2 Å². The highest BCUT2D eigenvalue weighted by atomic mass is 35.5. The average Bonchev–Trinajstić information content (AvgIpc) is 2.37. The summed E-state index contributed by atoms with van der Waals surface area (Å²) in [5, 5.41) is 0.207. The van der Waals surface area contributed by atoms with E-state index in [1.807, 2.05) is 6.07 Å². The van der Waals surface area contributed by atoms with Crippen LogP contribution in [0.2, 0.25) is 5.02 Å². The summed E-state index contributed by atoms with van der Waals surface area (Å²) in [5.41, 5.74) is 0.804. The number of benzene rings is 1. The van der Waals surface area contributed by atoms with Crippen LogP contribution in [0.4, 0.5) is 4.39 Å². The summed E-state index contributed by atoms with van der Waals surface area (Å²) in [6, 6.07) is 5.18. The summed E-state index contributed by atoms with van der Waals surface area (Å²) in [6.45, 7) is 4.09. The van der Waals surface area contributed by atoms with Gasteiger partial charge >= 0.3 is 0 Å². The predicted octanol–water partition coefficient (Wildman–Crippen LogP) is 3.31. The molecule has 0 aromatic heterocycles. The summed E-state index contributed by atoms with van der Waals surface area (Å²) in [7, 11) is 0. The molecule has 2 unspecified atom stereocenters. The fourth-order valence-corrected chi connectivity index (χ4v) is 2.45. The Kier molecular flexibility index (Phi) is 4.84. The molecule has 2 rings (SSSR count). The van der Waals surface area contributed by atoms with E-state index in [9.17, 15) is 4.39 Å². The van der Waals surface area contributed by atoms with Crippen molar-refractivity contribution < 1.29 is 9.13 Å². The lowest BCUT2D eigenvalue weighted by atomic mass is 10.1. The molecule has 1 aromatic carbocycles. The maximum Gasteiger partial charge on any atom is 0.142 e. The highest BCUT2D eigenvalue weighted by Gasteiger charge is 2.26. The molecule has 0 aliphatic carbocycles. The highest BCUT2D eigenvalue weighted by Crippen LogP contribution is 2.23. The quantitative estimate of drug-likeness (QED) is 0.793. The molecule has 0 radical (unpaired) electrons. The van der Waals surface area contributed by atoms with Crippen molar-refractivity contribution in [1.29, 1.82) is 0 Å². The van der Waals surface area contributed by atoms with Gasteiger partial charge in [-0.25, -0.2) is 4.39 Å². The Labute approximate surface area is 117 Å². The van der Waals surface area contributed by atoms with Gasteiger partial charge < -0.3 is 4.74 Å². The SMILES string of the molecule is CC1COC(CCl)CN1Cc1cccc(F)c1Cl. The van der Waals surface area contributed by atoms with Crippen molar-refractivity contribution in [3.63, 3.8) is 0 Å². The van der Waals surface area contributed by atoms with E-state index in [2.05, 4.69) is 11.8 Å². The van der Waals surface area contributed by atoms with Crippen molar-refractivity contribution in [2.45, 2.75) is 25.6 Å². The molecule has 18 heavy (non-hydrogen) atoms. The minimum Gasteiger partial charge on any atom is -0.374 e. The van der Waals surface area contributed by atoms with Crippen LogP contribution < -0.4 is 0 Å². The Balaban J connectivity index is 2.09. The van der Waals surface area contributed by atoms with Crippen LogP contribution in [0, 0.1) is 5.82 Å². The molecule has 100 valence electrons. The number of rotatable bonds is 3. The van der Waals surface area contributed by atoms with Gasteiger partial charge in [-0.2, -0.15) is 0 Å². The lowest BCUT2D eigenvalue weighted by Crippen LogP contribution is -2.48. The van der Waals surface area contributed by atoms with Gasteiger partial charge in [0.15, 0.2) is 0 Å². The van der Waals surface area contributed by atoms with Crippen LogP contribution in [0.5, 0.6) is 0 Å². The number of hydrogen-bond acceptors (Lipinski definition) is 2. The van der Waals surface area contributed by atoms with Crippen LogP contribution in [-0.2, 0) is 11.3 Å². The van der Waals surface area contributed by atoms with Crippen LogP contribution in [0.3, 0.4) is 0 Å². The first kappa shape index (κ1) is 14.1. The highest BCUT2D eigenvalue weighted by molar-refractivity contribution is 6.31. The van der Waals surface area contributed by atoms with Crippen LogP contribution in [0.25, 0.3) is 0 Å². The van der Waals surface area contributed by atoms with Gasteiger partial charge in [0, 0.05) is 25.0 Å². The minimum atomic E-state index is -0.371. The van der Waals surface area contributed by atoms with E-state index in [0.29, 0.717) is 19.0 Å². The van der Waals surface area contributed by atoms with E-state index in [-0.39, 0.29) is 23.0 Å². The Bertz CT molecular complexity index is 416. The standard InChI is InChI=1S/C13H16Cl2FNO/c1-9-8-18-11(5-14)7-17(9)6-10-3-2-4-12(16)13(10)15/h2-4,9,11H,5-8H2,1H3. The van der Waals surface area contributed by atoms with E-state index in [1.54, 1.807) is 6.07 Å². The van der Waals surface area contributed by atoms with Gasteiger partial charge in [0.2, 0.25) is 0 Å². The Hall–Kier alpha value is -0.350. The summed E-state index contributed by atoms with van der Waals surface area (Å²) in [6.07, 6.45) is 0.0372. The maximum atomic E-state index is 13.4. The summed E-state index contributed by atoms with van der Waals surface area (Å²) in [5.74, 6) is 0.101. The third-order valence-electron chi connectivity index (χ3n) is 3.21. The van der Waals surface area contributed by atoms with Gasteiger partial charge in [0.05, 0.1) is 17.7 Å². The first-order valence-corrected chi connectivity index (χ1v) is 6.87. The largest absolute Gasteiger partial charge is 0.374 e. The molecule has 2 atom stereocenters. The number of alkyl halides is 1. The molecule has 1 aromatic rings. The van der Waals surface area contributed by atoms with Crippen LogP contribution >= 0.6 is 23.2 Å². The van der Waals surface area contributed by atoms with E-state index in [0.717, 1.165) is 12.1 Å². The smallest absolute Gasteiger partial charge is 0.142 e. The molecule has 2 nitrogen and oxygen atoms in total. The Morgan fingerprint density at radius 2 is 2.28 bits per heavy atom. The fraction of sp³-hybridized carbons (Fsp3) is 0.538. The Morgan fingerprint density at radius 3 is 3.00 bits per heavy atom. The lowest BCUT2D eigenvalue weighted by molar-refractivity contribution is -0.0510. The maximum absolute atomic E-state index is 13.4. The second kappa shape index (κ2) is 6.20. The molecule has 1 saturated heterocycles. The number of hydrogen-bond donors (Lipinski definition) is 0. The van der Waals surface area contributed by atoms with Crippen LogP contribution in [0.1, 0.15) is 12.5 Å². The number of ether oxygens (including phenoxy) is 1. The van der Waals surface area contributed by atoms with Gasteiger partial charge in [-0.1, -0.05) is 23.7 Å². The number of nitrogens with zero attached hydrogens (tertiary/aromatic N) is 1. The summed E-state index contributed by atoms with van der Waals surface area (Å²) >= 11 is 11.8. The summed E-state index contributed by atoms with van der Waals surface area (Å²) in [4.78, 5) is 2.22. The molecule has 0 amide bonds. The molecule has 5 heteroatoms. The number of halogens is 3. The third-order valence-corrected chi connectivity index (χ3v) is 3.98. The first-order chi connectivity index (χ1) is 8.61. The molecule has 1 fully saturated rings. The summed E-state index contributed by atoms with van der Waals surface area (Å²) < 4.78 is 19.0. The lowest BCUT2D eigenvalue weighted by Gasteiger charge is -2.37. The average molecular weight is 292 g/mol. The molecule has 1 heterocycles. The fourth-order valence-electron chi connectivity index (χ4n) is 2.08. The molecule has 0 N–H and O–H groups in total. The van der Waals surface area contributed by atoms with Gasteiger partial charge in [-0.3, -0.25) is 4.90 Å². The first-order valence-electron chi connectivity index (χ1n) is 5.96. The zero-order valence-corrected chi connectivity index (χ0v) is 11.7. The van der Waals surface area contributed by atoms with Gasteiger partial charge in [0.1, 0.15) is 5.82 Å². The zero-order valence-electron chi connectivity index (χ0n) is 10.2. The molecule has 0 spiro atoms. The minimum absolute atomic E-state index is 0.0372. The van der Waals surface area contributed by atoms with E-state index in [4.69, 9.17) is 27.9 Å². The molecule has 0 saturated carbocycles. The molecule has 1 aliphatic rings. The molecule has 1 aliphatic heterocycles. The van der Waals surface area contributed by atoms with Crippen molar-refractivity contribution in [2.24, 2.45) is 0 Å². The van der Waals surface area contributed by atoms with Crippen molar-refractivity contribution in [3.8, 4) is 0 Å². The van der Waals surface area contributed by atoms with Crippen molar-refractivity contribution in [2.75, 3.05) is 19.0 Å². The van der Waals surface area contributed by atoms with Crippen LogP contribution in [-0.4, -0.2) is 36.1 Å².